The lowest BCUT2D eigenvalue weighted by Gasteiger charge is -2.22. The number of nitrogens with zero attached hydrogens (tertiary/aromatic N) is 4. The minimum Gasteiger partial charge on any atom is -0.497 e. The van der Waals surface area contributed by atoms with Crippen LogP contribution in [0, 0.1) is 30.3 Å². The number of benzene rings is 4. The van der Waals surface area contributed by atoms with Crippen molar-refractivity contribution in [3.8, 4) is 5.75 Å². The minimum absolute atomic E-state index is 0.434. The van der Waals surface area contributed by atoms with E-state index in [4.69, 9.17) is 5.11 Å². The summed E-state index contributed by atoms with van der Waals surface area (Å²) in [4.78, 5) is 30.0. The molecule has 0 aliphatic rings. The molecule has 12 nitrogen and oxygen atoms in total. The van der Waals surface area contributed by atoms with Crippen molar-refractivity contribution in [3.05, 3.63) is 103 Å². The quantitative estimate of drug-likeness (QED) is 0.172. The maximum Gasteiger partial charge on any atom is 0.324 e. The Morgan fingerprint density at radius 3 is 1.87 bits per heavy atom. The molecule has 4 rings (SSSR count). The van der Waals surface area contributed by atoms with Crippen molar-refractivity contribution in [1.29, 1.82) is 0 Å². The van der Waals surface area contributed by atoms with E-state index < -0.39 is 43.7 Å². The van der Waals surface area contributed by atoms with E-state index in [2.05, 4.69) is 73.3 Å². The Balaban J connectivity index is 0.000000223. The second kappa shape index (κ2) is 12.0. The normalized spacial score (nSPS) is 11.7. The van der Waals surface area contributed by atoms with E-state index in [-0.39, 0.29) is 0 Å². The van der Waals surface area contributed by atoms with Crippen molar-refractivity contribution in [2.75, 3.05) is 19.6 Å². The Bertz CT molecular complexity index is 1470. The molecule has 0 bridgehead atoms. The molecule has 198 valence electrons. The number of fused-ring (bicyclic) bond motifs is 3. The van der Waals surface area contributed by atoms with Gasteiger partial charge in [0.15, 0.2) is 0 Å². The fourth-order valence-electron chi connectivity index (χ4n) is 4.04. The molecule has 0 aliphatic heterocycles. The van der Waals surface area contributed by atoms with Gasteiger partial charge in [0.05, 0.1) is 33.0 Å². The molecule has 0 fully saturated rings. The van der Waals surface area contributed by atoms with Crippen molar-refractivity contribution in [2.45, 2.75) is 20.0 Å². The number of aliphatic hydroxyl groups is 1. The van der Waals surface area contributed by atoms with Gasteiger partial charge in [-0.25, -0.2) is 0 Å². The lowest BCUT2D eigenvalue weighted by atomic mass is 9.98. The molecular formula is C26H26N4O8. The van der Waals surface area contributed by atoms with E-state index in [9.17, 15) is 35.4 Å². The van der Waals surface area contributed by atoms with E-state index in [1.165, 1.54) is 21.5 Å². The monoisotopic (exact) mass is 522 g/mol. The molecule has 0 radical (unpaired) electrons. The van der Waals surface area contributed by atoms with E-state index >= 15 is 0 Å². The van der Waals surface area contributed by atoms with Gasteiger partial charge in [-0.1, -0.05) is 62.4 Å². The Morgan fingerprint density at radius 1 is 0.763 bits per heavy atom. The molecule has 1 unspecified atom stereocenters. The number of hydrogen-bond acceptors (Lipinski definition) is 9. The number of nitro benzene ring substituents is 3. The first-order chi connectivity index (χ1) is 18.1. The van der Waals surface area contributed by atoms with E-state index in [0.717, 1.165) is 18.7 Å². The molecule has 12 heteroatoms. The largest absolute Gasteiger partial charge is 0.497 e. The van der Waals surface area contributed by atoms with Crippen molar-refractivity contribution < 1.29 is 25.0 Å². The molecule has 1 atom stereocenters. The van der Waals surface area contributed by atoms with Gasteiger partial charge in [0, 0.05) is 6.54 Å². The van der Waals surface area contributed by atoms with Gasteiger partial charge in [0.1, 0.15) is 0 Å². The summed E-state index contributed by atoms with van der Waals surface area (Å²) < 4.78 is 0. The van der Waals surface area contributed by atoms with Crippen LogP contribution >= 0.6 is 0 Å². The molecule has 0 aliphatic carbocycles. The minimum atomic E-state index is -1.21. The molecule has 0 saturated heterocycles. The van der Waals surface area contributed by atoms with Crippen LogP contribution < -0.4 is 0 Å². The maximum absolute atomic E-state index is 10.5. The average molecular weight is 523 g/mol. The molecule has 2 N–H and O–H groups in total. The van der Waals surface area contributed by atoms with Gasteiger partial charge in [-0.3, -0.25) is 30.3 Å². The second-order valence-corrected chi connectivity index (χ2v) is 8.37. The van der Waals surface area contributed by atoms with E-state index in [1.807, 2.05) is 0 Å². The molecule has 0 heterocycles. The third kappa shape index (κ3) is 6.17. The van der Waals surface area contributed by atoms with Crippen LogP contribution in [0.25, 0.3) is 21.5 Å². The van der Waals surface area contributed by atoms with Gasteiger partial charge in [-0.2, -0.15) is 0 Å². The number of hydrogen-bond donors (Lipinski definition) is 2. The first-order valence-electron chi connectivity index (χ1n) is 11.7. The summed E-state index contributed by atoms with van der Waals surface area (Å²) in [5, 5.41) is 55.7. The Labute approximate surface area is 216 Å². The van der Waals surface area contributed by atoms with Crippen LogP contribution in [-0.2, 0) is 0 Å². The molecule has 38 heavy (non-hydrogen) atoms. The summed E-state index contributed by atoms with van der Waals surface area (Å²) in [5.41, 5.74) is -2.01. The predicted molar refractivity (Wildman–Crippen MR) is 142 cm³/mol. The smallest absolute Gasteiger partial charge is 0.324 e. The van der Waals surface area contributed by atoms with Gasteiger partial charge < -0.3 is 15.1 Å². The molecule has 0 spiro atoms. The van der Waals surface area contributed by atoms with Crippen LogP contribution in [-0.4, -0.2) is 49.5 Å². The van der Waals surface area contributed by atoms with E-state index in [0.29, 0.717) is 18.7 Å². The summed E-state index contributed by atoms with van der Waals surface area (Å²) >= 11 is 0. The van der Waals surface area contributed by atoms with Crippen LogP contribution in [0.4, 0.5) is 17.1 Å². The summed E-state index contributed by atoms with van der Waals surface area (Å²) in [6, 6.07) is 19.9. The van der Waals surface area contributed by atoms with Gasteiger partial charge in [0.25, 0.3) is 11.4 Å². The highest BCUT2D eigenvalue weighted by molar-refractivity contribution is 6.07. The topological polar surface area (TPSA) is 173 Å². The van der Waals surface area contributed by atoms with Gasteiger partial charge in [-0.05, 0) is 46.3 Å². The molecule has 4 aromatic rings. The molecular weight excluding hydrogens is 496 g/mol. The lowest BCUT2D eigenvalue weighted by Crippen LogP contribution is -2.28. The van der Waals surface area contributed by atoms with Crippen molar-refractivity contribution in [3.63, 3.8) is 0 Å². The van der Waals surface area contributed by atoms with Crippen LogP contribution in [0.3, 0.4) is 0 Å². The molecule has 0 aromatic heterocycles. The van der Waals surface area contributed by atoms with Crippen molar-refractivity contribution in [2.24, 2.45) is 0 Å². The van der Waals surface area contributed by atoms with Crippen LogP contribution in [0.1, 0.15) is 25.5 Å². The summed E-state index contributed by atoms with van der Waals surface area (Å²) in [5.74, 6) is -1.21. The SMILES string of the molecule is CCN(CC)CC(O)c1ccc2c(ccc3ccccc32)c1.O=[N+]([O-])c1cc([N+](=O)[O-])c(O)c([N+](=O)[O-])c1. The standard InChI is InChI=1S/C20H23NO.C6H3N3O7/c1-3-21(4-2)14-20(22)17-11-12-19-16(13-17)10-9-15-7-5-6-8-18(15)19;10-6-4(8(13)14)1-3(7(11)12)2-5(6)9(15)16/h5-13,20,22H,3-4,14H2,1-2H3;1-2,10H. The number of rotatable bonds is 8. The Kier molecular flexibility index (Phi) is 8.84. The number of aromatic hydroxyl groups is 1. The van der Waals surface area contributed by atoms with Gasteiger partial charge in [-0.15, -0.1) is 0 Å². The Morgan fingerprint density at radius 2 is 1.32 bits per heavy atom. The maximum atomic E-state index is 10.5. The van der Waals surface area contributed by atoms with E-state index in [1.54, 1.807) is 0 Å². The number of phenolic OH excluding ortho intramolecular Hbond substituents is 1. The first-order valence-corrected chi connectivity index (χ1v) is 11.7. The first kappa shape index (κ1) is 27.9. The number of aliphatic hydroxyl groups excluding tert-OH is 1. The van der Waals surface area contributed by atoms with Gasteiger partial charge in [0.2, 0.25) is 0 Å². The zero-order valence-corrected chi connectivity index (χ0v) is 20.7. The van der Waals surface area contributed by atoms with Gasteiger partial charge >= 0.3 is 11.4 Å². The van der Waals surface area contributed by atoms with Crippen LogP contribution in [0.5, 0.6) is 5.75 Å². The lowest BCUT2D eigenvalue weighted by molar-refractivity contribution is -0.404. The third-order valence-corrected chi connectivity index (χ3v) is 6.14. The summed E-state index contributed by atoms with van der Waals surface area (Å²) in [6.07, 6.45) is -0.434. The molecule has 0 saturated carbocycles. The van der Waals surface area contributed by atoms with Crippen LogP contribution in [0.15, 0.2) is 66.7 Å². The van der Waals surface area contributed by atoms with Crippen LogP contribution in [0.2, 0.25) is 0 Å². The Hall–Kier alpha value is -4.68. The highest BCUT2D eigenvalue weighted by Crippen LogP contribution is 2.39. The summed E-state index contributed by atoms with van der Waals surface area (Å²) in [7, 11) is 0. The zero-order chi connectivity index (χ0) is 28.0. The average Bonchev–Trinajstić information content (AvgIpc) is 2.91. The summed E-state index contributed by atoms with van der Waals surface area (Å²) in [6.45, 7) is 6.87. The number of likely N-dealkylation sites (N-methyl/N-ethyl adjacent to an activating group) is 1. The van der Waals surface area contributed by atoms with Crippen molar-refractivity contribution >= 4 is 38.6 Å². The second-order valence-electron chi connectivity index (χ2n) is 8.37. The number of nitro groups is 3. The molecule has 4 aromatic carbocycles. The fraction of sp³-hybridized carbons (Fsp3) is 0.231. The number of phenols is 1. The zero-order valence-electron chi connectivity index (χ0n) is 20.7. The molecule has 0 amide bonds. The highest BCUT2D eigenvalue weighted by atomic mass is 16.6. The highest BCUT2D eigenvalue weighted by Gasteiger charge is 2.30. The third-order valence-electron chi connectivity index (χ3n) is 6.14. The van der Waals surface area contributed by atoms with Crippen molar-refractivity contribution in [1.82, 2.24) is 4.90 Å². The number of non-ortho nitro benzene ring substituents is 1. The predicted octanol–water partition coefficient (Wildman–Crippen LogP) is 5.49. The fourth-order valence-corrected chi connectivity index (χ4v) is 4.04.